The maximum absolute atomic E-state index is 12.7. The number of carbonyl (C=O) groups excluding carboxylic acids is 1. The van der Waals surface area contributed by atoms with E-state index in [1.807, 2.05) is 37.3 Å². The lowest BCUT2D eigenvalue weighted by atomic mass is 9.87. The van der Waals surface area contributed by atoms with Crippen LogP contribution < -0.4 is 0 Å². The van der Waals surface area contributed by atoms with Crippen molar-refractivity contribution < 1.29 is 9.21 Å². The molecule has 3 aromatic rings. The van der Waals surface area contributed by atoms with Crippen LogP contribution in [-0.4, -0.2) is 38.6 Å². The lowest BCUT2D eigenvalue weighted by Gasteiger charge is -2.33. The number of hydrogen-bond donors (Lipinski definition) is 0. The molecule has 1 saturated carbocycles. The third-order valence-electron chi connectivity index (χ3n) is 6.45. The molecule has 1 atom stereocenters. The number of nitrogens with zero attached hydrogens (tertiary/aromatic N) is 4. The summed E-state index contributed by atoms with van der Waals surface area (Å²) in [7, 11) is 0. The first-order valence-electron chi connectivity index (χ1n) is 10.6. The molecule has 0 N–H and O–H groups in total. The van der Waals surface area contributed by atoms with Crippen molar-refractivity contribution >= 4 is 16.8 Å². The van der Waals surface area contributed by atoms with E-state index in [-0.39, 0.29) is 11.8 Å². The molecule has 3 heterocycles. The SMILES string of the molecule is Cc1cc(-c2nnc(C3CC(=O)N(C4CCC(C)CC4)C3)o2)c2ccccc2n1. The topological polar surface area (TPSA) is 72.1 Å². The lowest BCUT2D eigenvalue weighted by molar-refractivity contribution is -0.130. The van der Waals surface area contributed by atoms with Crippen LogP contribution in [-0.2, 0) is 4.79 Å². The second-order valence-corrected chi connectivity index (χ2v) is 8.63. The molecule has 150 valence electrons. The van der Waals surface area contributed by atoms with E-state index in [0.717, 1.165) is 40.9 Å². The van der Waals surface area contributed by atoms with Crippen LogP contribution in [0.1, 0.15) is 56.5 Å². The fourth-order valence-electron chi connectivity index (χ4n) is 4.80. The molecule has 0 spiro atoms. The number of para-hydroxylation sites is 1. The van der Waals surface area contributed by atoms with E-state index >= 15 is 0 Å². The Morgan fingerprint density at radius 2 is 1.90 bits per heavy atom. The van der Waals surface area contributed by atoms with Crippen molar-refractivity contribution in [3.63, 3.8) is 0 Å². The minimum Gasteiger partial charge on any atom is -0.420 e. The second-order valence-electron chi connectivity index (χ2n) is 8.63. The Hall–Kier alpha value is -2.76. The van der Waals surface area contributed by atoms with Crippen molar-refractivity contribution in [2.75, 3.05) is 6.54 Å². The summed E-state index contributed by atoms with van der Waals surface area (Å²) in [6.45, 7) is 4.96. The van der Waals surface area contributed by atoms with Crippen LogP contribution in [0.25, 0.3) is 22.4 Å². The maximum Gasteiger partial charge on any atom is 0.248 e. The van der Waals surface area contributed by atoms with Gasteiger partial charge in [0.05, 0.1) is 11.4 Å². The smallest absolute Gasteiger partial charge is 0.248 e. The first-order valence-corrected chi connectivity index (χ1v) is 10.6. The number of fused-ring (bicyclic) bond motifs is 1. The van der Waals surface area contributed by atoms with Gasteiger partial charge in [-0.05, 0) is 50.7 Å². The van der Waals surface area contributed by atoms with Crippen LogP contribution in [0.15, 0.2) is 34.7 Å². The zero-order chi connectivity index (χ0) is 20.0. The summed E-state index contributed by atoms with van der Waals surface area (Å²) in [6, 6.07) is 10.3. The summed E-state index contributed by atoms with van der Waals surface area (Å²) in [5.74, 6) is 2.05. The van der Waals surface area contributed by atoms with Crippen molar-refractivity contribution in [3.8, 4) is 11.5 Å². The highest BCUT2D eigenvalue weighted by atomic mass is 16.4. The molecular weight excluding hydrogens is 364 g/mol. The highest BCUT2D eigenvalue weighted by Crippen LogP contribution is 2.36. The second kappa shape index (κ2) is 7.25. The Bertz CT molecular complexity index is 1050. The number of hydrogen-bond acceptors (Lipinski definition) is 5. The summed E-state index contributed by atoms with van der Waals surface area (Å²) >= 11 is 0. The Morgan fingerprint density at radius 1 is 1.10 bits per heavy atom. The molecule has 1 aliphatic carbocycles. The standard InChI is InChI=1S/C23H26N4O2/c1-14-7-9-17(10-8-14)27-13-16(12-21(27)28)22-25-26-23(29-22)19-11-15(2)24-20-6-4-3-5-18(19)20/h3-6,11,14,16-17H,7-10,12-13H2,1-2H3. The number of carbonyl (C=O) groups is 1. The number of aromatic nitrogens is 3. The van der Waals surface area contributed by atoms with Crippen LogP contribution >= 0.6 is 0 Å². The van der Waals surface area contributed by atoms with Gasteiger partial charge < -0.3 is 9.32 Å². The predicted molar refractivity (Wildman–Crippen MR) is 110 cm³/mol. The van der Waals surface area contributed by atoms with Gasteiger partial charge in [0.25, 0.3) is 0 Å². The molecule has 2 fully saturated rings. The molecule has 2 aliphatic rings. The molecule has 1 unspecified atom stereocenters. The molecule has 5 rings (SSSR count). The molecule has 6 nitrogen and oxygen atoms in total. The predicted octanol–water partition coefficient (Wildman–Crippen LogP) is 4.49. The highest BCUT2D eigenvalue weighted by molar-refractivity contribution is 5.92. The van der Waals surface area contributed by atoms with Gasteiger partial charge in [0.15, 0.2) is 0 Å². The Kier molecular flexibility index (Phi) is 4.57. The molecule has 6 heteroatoms. The van der Waals surface area contributed by atoms with Crippen LogP contribution in [0.3, 0.4) is 0 Å². The summed E-state index contributed by atoms with van der Waals surface area (Å²) < 4.78 is 6.09. The van der Waals surface area contributed by atoms with Gasteiger partial charge in [-0.3, -0.25) is 9.78 Å². The Morgan fingerprint density at radius 3 is 2.72 bits per heavy atom. The van der Waals surface area contributed by atoms with Crippen molar-refractivity contribution in [2.24, 2.45) is 5.92 Å². The minimum absolute atomic E-state index is 0.0164. The first-order chi connectivity index (χ1) is 14.1. The van der Waals surface area contributed by atoms with Gasteiger partial charge in [0.1, 0.15) is 0 Å². The van der Waals surface area contributed by atoms with Gasteiger partial charge in [0, 0.05) is 35.7 Å². The molecule has 1 aromatic carbocycles. The van der Waals surface area contributed by atoms with Gasteiger partial charge >= 0.3 is 0 Å². The summed E-state index contributed by atoms with van der Waals surface area (Å²) in [4.78, 5) is 19.3. The van der Waals surface area contributed by atoms with E-state index in [4.69, 9.17) is 4.42 Å². The fraction of sp³-hybridized carbons (Fsp3) is 0.478. The zero-order valence-corrected chi connectivity index (χ0v) is 17.0. The largest absolute Gasteiger partial charge is 0.420 e. The van der Waals surface area contributed by atoms with E-state index in [9.17, 15) is 4.79 Å². The van der Waals surface area contributed by atoms with Crippen molar-refractivity contribution in [3.05, 3.63) is 41.9 Å². The zero-order valence-electron chi connectivity index (χ0n) is 17.0. The number of rotatable bonds is 3. The van der Waals surface area contributed by atoms with E-state index < -0.39 is 0 Å². The van der Waals surface area contributed by atoms with Crippen LogP contribution in [0.4, 0.5) is 0 Å². The molecule has 1 aliphatic heterocycles. The number of benzene rings is 1. The normalized spacial score (nSPS) is 25.1. The summed E-state index contributed by atoms with van der Waals surface area (Å²) in [5, 5.41) is 9.64. The highest BCUT2D eigenvalue weighted by Gasteiger charge is 2.38. The number of amides is 1. The third kappa shape index (κ3) is 3.41. The van der Waals surface area contributed by atoms with Crippen LogP contribution in [0.2, 0.25) is 0 Å². The van der Waals surface area contributed by atoms with E-state index in [2.05, 4.69) is 27.0 Å². The van der Waals surface area contributed by atoms with E-state index in [0.29, 0.717) is 30.8 Å². The van der Waals surface area contributed by atoms with Crippen LogP contribution in [0, 0.1) is 12.8 Å². The van der Waals surface area contributed by atoms with Gasteiger partial charge in [0.2, 0.25) is 17.7 Å². The van der Waals surface area contributed by atoms with Gasteiger partial charge in [-0.2, -0.15) is 0 Å². The van der Waals surface area contributed by atoms with Crippen molar-refractivity contribution in [1.29, 1.82) is 0 Å². The minimum atomic E-state index is -0.0164. The van der Waals surface area contributed by atoms with E-state index in [1.165, 1.54) is 12.8 Å². The monoisotopic (exact) mass is 390 g/mol. The Labute approximate surface area is 170 Å². The van der Waals surface area contributed by atoms with Crippen LogP contribution in [0.5, 0.6) is 0 Å². The fourth-order valence-corrected chi connectivity index (χ4v) is 4.80. The first kappa shape index (κ1) is 18.3. The van der Waals surface area contributed by atoms with Gasteiger partial charge in [-0.25, -0.2) is 0 Å². The molecule has 0 bridgehead atoms. The molecule has 0 radical (unpaired) electrons. The average Bonchev–Trinajstić information content (AvgIpc) is 3.35. The number of likely N-dealkylation sites (tertiary alicyclic amines) is 1. The molecule has 1 saturated heterocycles. The Balaban J connectivity index is 1.39. The molecular formula is C23H26N4O2. The van der Waals surface area contributed by atoms with Crippen molar-refractivity contribution in [1.82, 2.24) is 20.1 Å². The number of aryl methyl sites for hydroxylation is 1. The maximum atomic E-state index is 12.7. The molecule has 1 amide bonds. The average molecular weight is 390 g/mol. The quantitative estimate of drug-likeness (QED) is 0.659. The van der Waals surface area contributed by atoms with Gasteiger partial charge in [-0.15, -0.1) is 10.2 Å². The number of pyridine rings is 1. The van der Waals surface area contributed by atoms with Crippen molar-refractivity contribution in [2.45, 2.75) is 57.9 Å². The molecule has 2 aromatic heterocycles. The van der Waals surface area contributed by atoms with E-state index in [1.54, 1.807) is 0 Å². The molecule has 29 heavy (non-hydrogen) atoms. The summed E-state index contributed by atoms with van der Waals surface area (Å²) in [6.07, 6.45) is 5.09. The third-order valence-corrected chi connectivity index (χ3v) is 6.45. The summed E-state index contributed by atoms with van der Waals surface area (Å²) in [5.41, 5.74) is 2.72. The van der Waals surface area contributed by atoms with Gasteiger partial charge in [-0.1, -0.05) is 25.1 Å². The lowest BCUT2D eigenvalue weighted by Crippen LogP contribution is -2.38.